The standard InChI is InChI=1S/C21H25N3O2/c1-15-5-9-17(10-6-15)14-22-20(25)19-4-3-13-24(19)21(26)23-18-11-7-16(2)8-12-18/h5-12,19H,3-4,13-14H2,1-2H3,(H,22,25)(H,23,26)/t19-/m0/s1. The number of nitrogens with one attached hydrogen (secondary N) is 2. The Morgan fingerprint density at radius 3 is 2.27 bits per heavy atom. The third-order valence-corrected chi connectivity index (χ3v) is 4.71. The SMILES string of the molecule is Cc1ccc(CNC(=O)[C@@H]2CCCN2C(=O)Nc2ccc(C)cc2)cc1. The highest BCUT2D eigenvalue weighted by Gasteiger charge is 2.33. The van der Waals surface area contributed by atoms with E-state index in [1.165, 1.54) is 5.56 Å². The van der Waals surface area contributed by atoms with Gasteiger partial charge in [-0.15, -0.1) is 0 Å². The van der Waals surface area contributed by atoms with Crippen molar-refractivity contribution in [2.45, 2.75) is 39.3 Å². The molecule has 1 aliphatic heterocycles. The normalized spacial score (nSPS) is 16.4. The predicted octanol–water partition coefficient (Wildman–Crippen LogP) is 3.62. The number of nitrogens with zero attached hydrogens (tertiary/aromatic N) is 1. The van der Waals surface area contributed by atoms with E-state index in [2.05, 4.69) is 10.6 Å². The van der Waals surface area contributed by atoms with E-state index in [1.807, 2.05) is 62.4 Å². The minimum absolute atomic E-state index is 0.0952. The van der Waals surface area contributed by atoms with Crippen LogP contribution in [0.5, 0.6) is 0 Å². The van der Waals surface area contributed by atoms with Gasteiger partial charge in [0, 0.05) is 18.8 Å². The molecule has 2 aromatic rings. The summed E-state index contributed by atoms with van der Waals surface area (Å²) in [5, 5.41) is 5.84. The van der Waals surface area contributed by atoms with Crippen molar-refractivity contribution in [3.05, 3.63) is 65.2 Å². The van der Waals surface area contributed by atoms with E-state index >= 15 is 0 Å². The number of benzene rings is 2. The summed E-state index contributed by atoms with van der Waals surface area (Å²) in [6.07, 6.45) is 1.53. The lowest BCUT2D eigenvalue weighted by Gasteiger charge is -2.24. The summed E-state index contributed by atoms with van der Waals surface area (Å²) >= 11 is 0. The number of rotatable bonds is 4. The number of likely N-dealkylation sites (tertiary alicyclic amines) is 1. The monoisotopic (exact) mass is 351 g/mol. The molecule has 0 aromatic heterocycles. The molecular formula is C21H25N3O2. The molecule has 0 spiro atoms. The summed E-state index contributed by atoms with van der Waals surface area (Å²) in [7, 11) is 0. The summed E-state index contributed by atoms with van der Waals surface area (Å²) < 4.78 is 0. The fourth-order valence-corrected chi connectivity index (χ4v) is 3.13. The molecule has 1 aliphatic rings. The van der Waals surface area contributed by atoms with Crippen molar-refractivity contribution in [2.24, 2.45) is 0 Å². The topological polar surface area (TPSA) is 61.4 Å². The quantitative estimate of drug-likeness (QED) is 0.884. The maximum absolute atomic E-state index is 12.6. The van der Waals surface area contributed by atoms with E-state index in [0.29, 0.717) is 19.5 Å². The lowest BCUT2D eigenvalue weighted by Crippen LogP contribution is -2.47. The maximum Gasteiger partial charge on any atom is 0.322 e. The van der Waals surface area contributed by atoms with Gasteiger partial charge in [-0.2, -0.15) is 0 Å². The Labute approximate surface area is 154 Å². The lowest BCUT2D eigenvalue weighted by atomic mass is 10.1. The van der Waals surface area contributed by atoms with E-state index in [0.717, 1.165) is 23.2 Å². The number of aryl methyl sites for hydroxylation is 2. The first kappa shape index (κ1) is 18.0. The number of carbonyl (C=O) groups is 2. The van der Waals surface area contributed by atoms with E-state index in [4.69, 9.17) is 0 Å². The molecule has 2 N–H and O–H groups in total. The maximum atomic E-state index is 12.6. The minimum Gasteiger partial charge on any atom is -0.350 e. The smallest absolute Gasteiger partial charge is 0.322 e. The van der Waals surface area contributed by atoms with Crippen molar-refractivity contribution in [3.63, 3.8) is 0 Å². The van der Waals surface area contributed by atoms with Gasteiger partial charge in [-0.3, -0.25) is 4.79 Å². The summed E-state index contributed by atoms with van der Waals surface area (Å²) in [4.78, 5) is 26.8. The Balaban J connectivity index is 1.57. The Kier molecular flexibility index (Phi) is 5.56. The predicted molar refractivity (Wildman–Crippen MR) is 103 cm³/mol. The third kappa shape index (κ3) is 4.42. The van der Waals surface area contributed by atoms with Crippen molar-refractivity contribution in [2.75, 3.05) is 11.9 Å². The zero-order chi connectivity index (χ0) is 18.5. The number of hydrogen-bond acceptors (Lipinski definition) is 2. The van der Waals surface area contributed by atoms with Crippen LogP contribution < -0.4 is 10.6 Å². The Morgan fingerprint density at radius 2 is 1.62 bits per heavy atom. The largest absolute Gasteiger partial charge is 0.350 e. The van der Waals surface area contributed by atoms with Crippen LogP contribution in [-0.2, 0) is 11.3 Å². The first-order chi connectivity index (χ1) is 12.5. The van der Waals surface area contributed by atoms with Crippen LogP contribution in [0.1, 0.15) is 29.5 Å². The van der Waals surface area contributed by atoms with Crippen molar-refractivity contribution in [3.8, 4) is 0 Å². The summed E-state index contributed by atoms with van der Waals surface area (Å²) in [5.41, 5.74) is 4.12. The van der Waals surface area contributed by atoms with Crippen LogP contribution >= 0.6 is 0 Å². The zero-order valence-corrected chi connectivity index (χ0v) is 15.3. The second-order valence-corrected chi connectivity index (χ2v) is 6.85. The number of amides is 3. The van der Waals surface area contributed by atoms with Crippen molar-refractivity contribution in [1.29, 1.82) is 0 Å². The second kappa shape index (κ2) is 8.04. The fraction of sp³-hybridized carbons (Fsp3) is 0.333. The van der Waals surface area contributed by atoms with Crippen LogP contribution in [0.3, 0.4) is 0 Å². The molecule has 26 heavy (non-hydrogen) atoms. The minimum atomic E-state index is -0.411. The van der Waals surface area contributed by atoms with Gasteiger partial charge in [0.25, 0.3) is 0 Å². The molecule has 0 radical (unpaired) electrons. The highest BCUT2D eigenvalue weighted by atomic mass is 16.2. The molecular weight excluding hydrogens is 326 g/mol. The number of anilines is 1. The molecule has 1 saturated heterocycles. The summed E-state index contributed by atoms with van der Waals surface area (Å²) in [6.45, 7) is 5.11. The molecule has 0 bridgehead atoms. The molecule has 1 atom stereocenters. The van der Waals surface area contributed by atoms with Gasteiger partial charge in [0.1, 0.15) is 6.04 Å². The first-order valence-corrected chi connectivity index (χ1v) is 9.00. The highest BCUT2D eigenvalue weighted by Crippen LogP contribution is 2.19. The number of hydrogen-bond donors (Lipinski definition) is 2. The van der Waals surface area contributed by atoms with Crippen LogP contribution in [0, 0.1) is 13.8 Å². The molecule has 1 heterocycles. The van der Waals surface area contributed by atoms with Gasteiger partial charge in [-0.25, -0.2) is 4.79 Å². The average molecular weight is 351 g/mol. The van der Waals surface area contributed by atoms with E-state index < -0.39 is 6.04 Å². The molecule has 0 aliphatic carbocycles. The average Bonchev–Trinajstić information content (AvgIpc) is 3.13. The third-order valence-electron chi connectivity index (χ3n) is 4.71. The van der Waals surface area contributed by atoms with E-state index in [9.17, 15) is 9.59 Å². The van der Waals surface area contributed by atoms with Crippen LogP contribution in [0.4, 0.5) is 10.5 Å². The van der Waals surface area contributed by atoms with Gasteiger partial charge in [0.05, 0.1) is 0 Å². The van der Waals surface area contributed by atoms with E-state index in [1.54, 1.807) is 4.90 Å². The van der Waals surface area contributed by atoms with Gasteiger partial charge < -0.3 is 15.5 Å². The zero-order valence-electron chi connectivity index (χ0n) is 15.3. The number of carbonyl (C=O) groups excluding carboxylic acids is 2. The van der Waals surface area contributed by atoms with Crippen molar-refractivity contribution >= 4 is 17.6 Å². The van der Waals surface area contributed by atoms with Gasteiger partial charge in [0.2, 0.25) is 5.91 Å². The van der Waals surface area contributed by atoms with Gasteiger partial charge >= 0.3 is 6.03 Å². The van der Waals surface area contributed by atoms with Gasteiger partial charge in [0.15, 0.2) is 0 Å². The van der Waals surface area contributed by atoms with Crippen molar-refractivity contribution < 1.29 is 9.59 Å². The lowest BCUT2D eigenvalue weighted by molar-refractivity contribution is -0.124. The fourth-order valence-electron chi connectivity index (χ4n) is 3.13. The van der Waals surface area contributed by atoms with Gasteiger partial charge in [-0.1, -0.05) is 47.5 Å². The molecule has 1 fully saturated rings. The van der Waals surface area contributed by atoms with Crippen molar-refractivity contribution in [1.82, 2.24) is 10.2 Å². The van der Waals surface area contributed by atoms with E-state index in [-0.39, 0.29) is 11.9 Å². The molecule has 5 heteroatoms. The van der Waals surface area contributed by atoms with Crippen LogP contribution in [0.15, 0.2) is 48.5 Å². The van der Waals surface area contributed by atoms with Gasteiger partial charge in [-0.05, 0) is 44.4 Å². The first-order valence-electron chi connectivity index (χ1n) is 9.00. The van der Waals surface area contributed by atoms with Crippen LogP contribution in [0.2, 0.25) is 0 Å². The molecule has 3 amide bonds. The second-order valence-electron chi connectivity index (χ2n) is 6.85. The molecule has 136 valence electrons. The highest BCUT2D eigenvalue weighted by molar-refractivity contribution is 5.94. The molecule has 5 nitrogen and oxygen atoms in total. The Bertz CT molecular complexity index is 769. The molecule has 3 rings (SSSR count). The Hall–Kier alpha value is -2.82. The van der Waals surface area contributed by atoms with Crippen LogP contribution in [-0.4, -0.2) is 29.4 Å². The molecule has 0 unspecified atom stereocenters. The molecule has 2 aromatic carbocycles. The molecule has 0 saturated carbocycles. The Morgan fingerprint density at radius 1 is 1.00 bits per heavy atom. The number of urea groups is 1. The summed E-state index contributed by atoms with van der Waals surface area (Å²) in [5.74, 6) is -0.0952. The van der Waals surface area contributed by atoms with Crippen LogP contribution in [0.25, 0.3) is 0 Å². The summed E-state index contributed by atoms with van der Waals surface area (Å²) in [6, 6.07) is 15.1.